The third kappa shape index (κ3) is 5.29. The number of ether oxygens (including phenoxy) is 1. The van der Waals surface area contributed by atoms with Crippen LogP contribution in [-0.2, 0) is 16.1 Å². The quantitative estimate of drug-likeness (QED) is 0.897. The second-order valence-electron chi connectivity index (χ2n) is 6.49. The summed E-state index contributed by atoms with van der Waals surface area (Å²) in [5.74, 6) is -1.29. The van der Waals surface area contributed by atoms with Gasteiger partial charge in [0.2, 0.25) is 0 Å². The monoisotopic (exact) mass is 328 g/mol. The lowest BCUT2D eigenvalue weighted by Crippen LogP contribution is -2.49. The van der Waals surface area contributed by atoms with Crippen LogP contribution in [0.3, 0.4) is 0 Å². The molecule has 0 aliphatic carbocycles. The van der Waals surface area contributed by atoms with Crippen LogP contribution >= 0.6 is 11.3 Å². The Morgan fingerprint density at radius 2 is 2.00 bits per heavy atom. The van der Waals surface area contributed by atoms with E-state index in [4.69, 9.17) is 4.74 Å². The van der Waals surface area contributed by atoms with Gasteiger partial charge < -0.3 is 9.84 Å². The predicted octanol–water partition coefficient (Wildman–Crippen LogP) is 3.30. The van der Waals surface area contributed by atoms with E-state index in [0.29, 0.717) is 5.69 Å². The van der Waals surface area contributed by atoms with Crippen LogP contribution in [0.25, 0.3) is 0 Å². The minimum absolute atomic E-state index is 0.119. The second kappa shape index (κ2) is 7.09. The van der Waals surface area contributed by atoms with Gasteiger partial charge in [-0.25, -0.2) is 14.6 Å². The van der Waals surface area contributed by atoms with E-state index in [1.54, 1.807) is 34.6 Å². The minimum Gasteiger partial charge on any atom is -0.480 e. The number of hydrogen-bond donors (Lipinski definition) is 1. The number of carbonyl (C=O) groups excluding carboxylic acids is 1. The molecule has 1 rings (SSSR count). The standard InChI is InChI=1S/C15H24N2O4S/c1-9(2)12(13(18)19)17(14(20)21-15(4,5)6)7-11-8-22-10(3)16-11/h8-9,12H,7H2,1-6H3,(H,18,19). The maximum Gasteiger partial charge on any atom is 0.411 e. The summed E-state index contributed by atoms with van der Waals surface area (Å²) in [5, 5.41) is 12.2. The summed E-state index contributed by atoms with van der Waals surface area (Å²) in [5.41, 5.74) is -0.0202. The second-order valence-corrected chi connectivity index (χ2v) is 7.56. The van der Waals surface area contributed by atoms with Crippen molar-refractivity contribution >= 4 is 23.4 Å². The lowest BCUT2D eigenvalue weighted by atomic mass is 10.0. The van der Waals surface area contributed by atoms with Gasteiger partial charge in [0.15, 0.2) is 0 Å². The average Bonchev–Trinajstić information content (AvgIpc) is 2.70. The zero-order valence-corrected chi connectivity index (χ0v) is 14.7. The molecule has 0 fully saturated rings. The van der Waals surface area contributed by atoms with Gasteiger partial charge in [0.1, 0.15) is 11.6 Å². The Hall–Kier alpha value is -1.63. The van der Waals surface area contributed by atoms with Gasteiger partial charge >= 0.3 is 12.1 Å². The number of carbonyl (C=O) groups is 2. The fourth-order valence-corrected chi connectivity index (χ4v) is 2.63. The Labute approximate surface area is 135 Å². The molecule has 1 aromatic rings. The van der Waals surface area contributed by atoms with Crippen molar-refractivity contribution in [2.24, 2.45) is 5.92 Å². The van der Waals surface area contributed by atoms with E-state index in [-0.39, 0.29) is 12.5 Å². The lowest BCUT2D eigenvalue weighted by Gasteiger charge is -2.32. The molecule has 22 heavy (non-hydrogen) atoms. The molecule has 0 aromatic carbocycles. The molecule has 1 heterocycles. The maximum absolute atomic E-state index is 12.4. The summed E-state index contributed by atoms with van der Waals surface area (Å²) in [6.45, 7) is 10.8. The van der Waals surface area contributed by atoms with E-state index in [1.165, 1.54) is 16.2 Å². The van der Waals surface area contributed by atoms with Crippen molar-refractivity contribution in [2.45, 2.75) is 59.7 Å². The third-order valence-corrected chi connectivity index (χ3v) is 3.67. The molecular weight excluding hydrogens is 304 g/mol. The first-order valence-electron chi connectivity index (χ1n) is 7.14. The molecule has 1 unspecified atom stereocenters. The normalized spacial score (nSPS) is 13.0. The van der Waals surface area contributed by atoms with Crippen molar-refractivity contribution in [3.63, 3.8) is 0 Å². The fraction of sp³-hybridized carbons (Fsp3) is 0.667. The van der Waals surface area contributed by atoms with Gasteiger partial charge in [-0.05, 0) is 33.6 Å². The van der Waals surface area contributed by atoms with Gasteiger partial charge in [-0.15, -0.1) is 11.3 Å². The number of nitrogens with zero attached hydrogens (tertiary/aromatic N) is 2. The van der Waals surface area contributed by atoms with Gasteiger partial charge in [-0.3, -0.25) is 4.90 Å². The summed E-state index contributed by atoms with van der Waals surface area (Å²) in [4.78, 5) is 29.6. The average molecular weight is 328 g/mol. The fourth-order valence-electron chi connectivity index (χ4n) is 2.03. The van der Waals surface area contributed by atoms with Crippen LogP contribution in [0, 0.1) is 12.8 Å². The molecule has 1 N–H and O–H groups in total. The highest BCUT2D eigenvalue weighted by atomic mass is 32.1. The van der Waals surface area contributed by atoms with Crippen LogP contribution in [0.5, 0.6) is 0 Å². The number of hydrogen-bond acceptors (Lipinski definition) is 5. The molecule has 0 radical (unpaired) electrons. The minimum atomic E-state index is -1.05. The molecule has 0 saturated heterocycles. The van der Waals surface area contributed by atoms with E-state index in [9.17, 15) is 14.7 Å². The van der Waals surface area contributed by atoms with Gasteiger partial charge in [-0.2, -0.15) is 0 Å². The summed E-state index contributed by atoms with van der Waals surface area (Å²) in [6.07, 6.45) is -0.640. The zero-order valence-electron chi connectivity index (χ0n) is 13.9. The smallest absolute Gasteiger partial charge is 0.411 e. The van der Waals surface area contributed by atoms with Crippen LogP contribution < -0.4 is 0 Å². The highest BCUT2D eigenvalue weighted by Crippen LogP contribution is 2.20. The molecule has 6 nitrogen and oxygen atoms in total. The lowest BCUT2D eigenvalue weighted by molar-refractivity contribution is -0.145. The van der Waals surface area contributed by atoms with Crippen molar-refractivity contribution in [3.05, 3.63) is 16.1 Å². The van der Waals surface area contributed by atoms with Gasteiger partial charge in [-0.1, -0.05) is 13.8 Å². The Bertz CT molecular complexity index is 534. The molecule has 0 bridgehead atoms. The number of thiazole rings is 1. The number of aryl methyl sites for hydroxylation is 1. The van der Waals surface area contributed by atoms with Crippen molar-refractivity contribution in [3.8, 4) is 0 Å². The largest absolute Gasteiger partial charge is 0.480 e. The van der Waals surface area contributed by atoms with E-state index in [0.717, 1.165) is 5.01 Å². The zero-order chi connectivity index (χ0) is 17.1. The highest BCUT2D eigenvalue weighted by Gasteiger charge is 2.35. The van der Waals surface area contributed by atoms with Crippen molar-refractivity contribution in [2.75, 3.05) is 0 Å². The number of aliphatic carboxylic acids is 1. The molecule has 1 atom stereocenters. The number of aromatic nitrogens is 1. The third-order valence-electron chi connectivity index (χ3n) is 2.85. The van der Waals surface area contributed by atoms with Crippen LogP contribution in [0.4, 0.5) is 4.79 Å². The maximum atomic E-state index is 12.4. The Kier molecular flexibility index (Phi) is 5.93. The molecule has 1 amide bonds. The van der Waals surface area contributed by atoms with E-state index in [1.807, 2.05) is 12.3 Å². The first-order valence-corrected chi connectivity index (χ1v) is 8.02. The van der Waals surface area contributed by atoms with E-state index < -0.39 is 23.7 Å². The molecule has 124 valence electrons. The Morgan fingerprint density at radius 3 is 2.36 bits per heavy atom. The summed E-state index contributed by atoms with van der Waals surface area (Å²) >= 11 is 1.46. The predicted molar refractivity (Wildman–Crippen MR) is 84.9 cm³/mol. The summed E-state index contributed by atoms with van der Waals surface area (Å²) in [7, 11) is 0. The highest BCUT2D eigenvalue weighted by molar-refractivity contribution is 7.09. The number of rotatable bonds is 5. The van der Waals surface area contributed by atoms with Crippen LogP contribution in [0.15, 0.2) is 5.38 Å². The Morgan fingerprint density at radius 1 is 1.41 bits per heavy atom. The van der Waals surface area contributed by atoms with E-state index >= 15 is 0 Å². The Balaban J connectivity index is 3.07. The van der Waals surface area contributed by atoms with Crippen LogP contribution in [-0.4, -0.2) is 38.7 Å². The molecule has 1 aromatic heterocycles. The summed E-state index contributed by atoms with van der Waals surface area (Å²) < 4.78 is 5.36. The van der Waals surface area contributed by atoms with Gasteiger partial charge in [0.25, 0.3) is 0 Å². The SMILES string of the molecule is Cc1nc(CN(C(=O)OC(C)(C)C)C(C(=O)O)C(C)C)cs1. The van der Waals surface area contributed by atoms with Gasteiger partial charge in [0.05, 0.1) is 17.2 Å². The number of carboxylic acid groups (broad SMARTS) is 1. The van der Waals surface area contributed by atoms with Crippen LogP contribution in [0.2, 0.25) is 0 Å². The first kappa shape index (κ1) is 18.4. The van der Waals surface area contributed by atoms with E-state index in [2.05, 4.69) is 4.98 Å². The topological polar surface area (TPSA) is 79.7 Å². The van der Waals surface area contributed by atoms with Gasteiger partial charge in [0, 0.05) is 5.38 Å². The molecular formula is C15H24N2O4S. The first-order chi connectivity index (χ1) is 10.0. The number of carboxylic acids is 1. The molecule has 0 aliphatic rings. The van der Waals surface area contributed by atoms with Crippen molar-refractivity contribution in [1.29, 1.82) is 0 Å². The molecule has 7 heteroatoms. The van der Waals surface area contributed by atoms with Crippen molar-refractivity contribution in [1.82, 2.24) is 9.88 Å². The van der Waals surface area contributed by atoms with Crippen LogP contribution in [0.1, 0.15) is 45.3 Å². The summed E-state index contributed by atoms with van der Waals surface area (Å²) in [6, 6.07) is -0.961. The molecule has 0 saturated carbocycles. The molecule has 0 spiro atoms. The molecule has 0 aliphatic heterocycles. The van der Waals surface area contributed by atoms with Crippen molar-refractivity contribution < 1.29 is 19.4 Å². The number of amides is 1.